The molecule has 0 spiro atoms. The number of hydrogen-bond donors (Lipinski definition) is 1. The van der Waals surface area contributed by atoms with Crippen LogP contribution in [0.15, 0.2) is 47.4 Å². The normalized spacial score (nSPS) is 13.8. The molecule has 1 heterocycles. The van der Waals surface area contributed by atoms with E-state index in [1.807, 2.05) is 43.3 Å². The first-order valence-corrected chi connectivity index (χ1v) is 8.59. The molecule has 1 aliphatic rings. The lowest BCUT2D eigenvalue weighted by atomic mass is 10.0. The summed E-state index contributed by atoms with van der Waals surface area (Å²) in [7, 11) is 1.63. The minimum Gasteiger partial charge on any atom is -0.497 e. The smallest absolute Gasteiger partial charge is 0.197 e. The van der Waals surface area contributed by atoms with Crippen LogP contribution in [0.3, 0.4) is 0 Å². The first-order valence-electron chi connectivity index (χ1n) is 8.59. The highest BCUT2D eigenvalue weighted by Crippen LogP contribution is 2.32. The third kappa shape index (κ3) is 3.00. The SMILES string of the molecule is COc1ccc(-c2c[nH]c3c(OCC4CC4)ccc(C)c3c2=O)cc1. The molecule has 0 bridgehead atoms. The van der Waals surface area contributed by atoms with E-state index in [1.165, 1.54) is 12.8 Å². The second-order valence-electron chi connectivity index (χ2n) is 6.64. The van der Waals surface area contributed by atoms with Crippen LogP contribution in [0, 0.1) is 12.8 Å². The number of aryl methyl sites for hydroxylation is 1. The van der Waals surface area contributed by atoms with E-state index >= 15 is 0 Å². The number of nitrogens with one attached hydrogen (secondary N) is 1. The molecule has 0 radical (unpaired) electrons. The number of hydrogen-bond acceptors (Lipinski definition) is 3. The summed E-state index contributed by atoms with van der Waals surface area (Å²) in [5.41, 5.74) is 3.27. The molecule has 0 aliphatic heterocycles. The predicted octanol–water partition coefficient (Wildman–Crippen LogP) is 4.30. The number of methoxy groups -OCH3 is 1. The van der Waals surface area contributed by atoms with Crippen LogP contribution in [0.25, 0.3) is 22.0 Å². The van der Waals surface area contributed by atoms with Gasteiger partial charge in [-0.05, 0) is 55.0 Å². The Morgan fingerprint density at radius 1 is 1.12 bits per heavy atom. The highest BCUT2D eigenvalue weighted by atomic mass is 16.5. The maximum Gasteiger partial charge on any atom is 0.197 e. The quantitative estimate of drug-likeness (QED) is 0.756. The molecule has 128 valence electrons. The third-order valence-electron chi connectivity index (χ3n) is 4.78. The molecule has 0 atom stereocenters. The first kappa shape index (κ1) is 15.8. The molecule has 1 fully saturated rings. The lowest BCUT2D eigenvalue weighted by molar-refractivity contribution is 0.302. The van der Waals surface area contributed by atoms with Crippen molar-refractivity contribution in [2.75, 3.05) is 13.7 Å². The zero-order valence-corrected chi connectivity index (χ0v) is 14.5. The second-order valence-corrected chi connectivity index (χ2v) is 6.64. The predicted molar refractivity (Wildman–Crippen MR) is 99.5 cm³/mol. The molecule has 1 saturated carbocycles. The zero-order chi connectivity index (χ0) is 17.4. The van der Waals surface area contributed by atoms with E-state index in [4.69, 9.17) is 9.47 Å². The molecule has 2 aromatic carbocycles. The first-order chi connectivity index (χ1) is 12.2. The highest BCUT2D eigenvalue weighted by Gasteiger charge is 2.22. The molecular weight excluding hydrogens is 314 g/mol. The summed E-state index contributed by atoms with van der Waals surface area (Å²) < 4.78 is 11.1. The van der Waals surface area contributed by atoms with Crippen molar-refractivity contribution in [2.45, 2.75) is 19.8 Å². The number of aromatic amines is 1. The van der Waals surface area contributed by atoms with Crippen LogP contribution < -0.4 is 14.9 Å². The fourth-order valence-electron chi connectivity index (χ4n) is 3.07. The van der Waals surface area contributed by atoms with Gasteiger partial charge < -0.3 is 14.5 Å². The van der Waals surface area contributed by atoms with Gasteiger partial charge in [0.15, 0.2) is 5.43 Å². The fourth-order valence-corrected chi connectivity index (χ4v) is 3.07. The van der Waals surface area contributed by atoms with E-state index in [-0.39, 0.29) is 5.43 Å². The van der Waals surface area contributed by atoms with E-state index < -0.39 is 0 Å². The van der Waals surface area contributed by atoms with Gasteiger partial charge in [0.05, 0.1) is 24.6 Å². The van der Waals surface area contributed by atoms with Crippen LogP contribution in [-0.4, -0.2) is 18.7 Å². The summed E-state index contributed by atoms with van der Waals surface area (Å²) in [5, 5.41) is 0.696. The van der Waals surface area contributed by atoms with Crippen molar-refractivity contribution >= 4 is 10.9 Å². The van der Waals surface area contributed by atoms with E-state index in [0.29, 0.717) is 16.9 Å². The fraction of sp³-hybridized carbons (Fsp3) is 0.286. The third-order valence-corrected chi connectivity index (χ3v) is 4.78. The van der Waals surface area contributed by atoms with Crippen LogP contribution in [0.4, 0.5) is 0 Å². The Labute approximate surface area is 146 Å². The monoisotopic (exact) mass is 335 g/mol. The van der Waals surface area contributed by atoms with Crippen molar-refractivity contribution in [1.82, 2.24) is 4.98 Å². The van der Waals surface area contributed by atoms with E-state index in [2.05, 4.69) is 4.98 Å². The number of ether oxygens (including phenoxy) is 2. The number of aromatic nitrogens is 1. The van der Waals surface area contributed by atoms with Gasteiger partial charge in [0, 0.05) is 11.8 Å². The standard InChI is InChI=1S/C21H21NO3/c1-13-3-10-18(25-12-14-4-5-14)20-19(13)21(23)17(11-22-20)15-6-8-16(24-2)9-7-15/h3,6-11,14H,4-5,12H2,1-2H3,(H,22,23). The van der Waals surface area contributed by atoms with Gasteiger partial charge in [0.25, 0.3) is 0 Å². The molecule has 0 saturated heterocycles. The van der Waals surface area contributed by atoms with Crippen LogP contribution in [0.2, 0.25) is 0 Å². The summed E-state index contributed by atoms with van der Waals surface area (Å²) in [4.78, 5) is 16.4. The van der Waals surface area contributed by atoms with Crippen LogP contribution in [0.1, 0.15) is 18.4 Å². The van der Waals surface area contributed by atoms with Gasteiger partial charge in [-0.1, -0.05) is 18.2 Å². The minimum atomic E-state index is 0.0216. The molecule has 1 aromatic heterocycles. The number of pyridine rings is 1. The van der Waals surface area contributed by atoms with E-state index in [0.717, 1.165) is 34.7 Å². The Morgan fingerprint density at radius 2 is 1.88 bits per heavy atom. The second kappa shape index (κ2) is 6.28. The van der Waals surface area contributed by atoms with Crippen molar-refractivity contribution in [3.05, 3.63) is 58.4 Å². The van der Waals surface area contributed by atoms with Gasteiger partial charge in [-0.2, -0.15) is 0 Å². The Balaban J connectivity index is 1.80. The van der Waals surface area contributed by atoms with Crippen molar-refractivity contribution in [3.63, 3.8) is 0 Å². The van der Waals surface area contributed by atoms with Gasteiger partial charge in [-0.15, -0.1) is 0 Å². The molecule has 4 heteroatoms. The summed E-state index contributed by atoms with van der Waals surface area (Å²) in [6.07, 6.45) is 4.25. The van der Waals surface area contributed by atoms with Crippen molar-refractivity contribution < 1.29 is 9.47 Å². The molecule has 25 heavy (non-hydrogen) atoms. The number of rotatable bonds is 5. The molecule has 1 aliphatic carbocycles. The number of benzene rings is 2. The summed E-state index contributed by atoms with van der Waals surface area (Å²) in [6.45, 7) is 2.68. The maximum absolute atomic E-state index is 13.1. The van der Waals surface area contributed by atoms with Crippen molar-refractivity contribution in [1.29, 1.82) is 0 Å². The molecule has 0 amide bonds. The Hall–Kier alpha value is -2.75. The molecule has 0 unspecified atom stereocenters. The Bertz CT molecular complexity index is 969. The van der Waals surface area contributed by atoms with Gasteiger partial charge in [0.2, 0.25) is 0 Å². The molecular formula is C21H21NO3. The molecule has 1 N–H and O–H groups in total. The van der Waals surface area contributed by atoms with Crippen molar-refractivity contribution in [2.24, 2.45) is 5.92 Å². The van der Waals surface area contributed by atoms with Gasteiger partial charge in [-0.25, -0.2) is 0 Å². The van der Waals surface area contributed by atoms with Crippen LogP contribution in [0.5, 0.6) is 11.5 Å². The topological polar surface area (TPSA) is 51.3 Å². The average Bonchev–Trinajstić information content (AvgIpc) is 3.46. The maximum atomic E-state index is 13.1. The van der Waals surface area contributed by atoms with Crippen LogP contribution in [-0.2, 0) is 0 Å². The number of fused-ring (bicyclic) bond motifs is 1. The van der Waals surface area contributed by atoms with Gasteiger partial charge >= 0.3 is 0 Å². The summed E-state index contributed by atoms with van der Waals surface area (Å²) in [6, 6.07) is 11.4. The Morgan fingerprint density at radius 3 is 2.56 bits per heavy atom. The summed E-state index contributed by atoms with van der Waals surface area (Å²) in [5.74, 6) is 2.19. The molecule has 4 rings (SSSR count). The van der Waals surface area contributed by atoms with Crippen molar-refractivity contribution in [3.8, 4) is 22.6 Å². The van der Waals surface area contributed by atoms with Gasteiger partial charge in [0.1, 0.15) is 11.5 Å². The molecule has 3 aromatic rings. The van der Waals surface area contributed by atoms with E-state index in [1.54, 1.807) is 13.3 Å². The Kier molecular flexibility index (Phi) is 3.96. The van der Waals surface area contributed by atoms with Gasteiger partial charge in [-0.3, -0.25) is 4.79 Å². The largest absolute Gasteiger partial charge is 0.497 e. The molecule has 4 nitrogen and oxygen atoms in total. The van der Waals surface area contributed by atoms with E-state index in [9.17, 15) is 4.79 Å². The lowest BCUT2D eigenvalue weighted by Crippen LogP contribution is -2.09. The minimum absolute atomic E-state index is 0.0216. The number of H-pyrrole nitrogens is 1. The lowest BCUT2D eigenvalue weighted by Gasteiger charge is -2.12. The highest BCUT2D eigenvalue weighted by molar-refractivity contribution is 5.90. The summed E-state index contributed by atoms with van der Waals surface area (Å²) >= 11 is 0. The average molecular weight is 335 g/mol. The zero-order valence-electron chi connectivity index (χ0n) is 14.5. The van der Waals surface area contributed by atoms with Crippen LogP contribution >= 0.6 is 0 Å².